The molecule has 1 atom stereocenters. The van der Waals surface area contributed by atoms with Crippen LogP contribution in [-0.2, 0) is 22.6 Å². The monoisotopic (exact) mass is 363 g/mol. The van der Waals surface area contributed by atoms with Gasteiger partial charge in [0.25, 0.3) is 0 Å². The first-order chi connectivity index (χ1) is 12.7. The van der Waals surface area contributed by atoms with E-state index in [1.165, 1.54) is 31.4 Å². The Kier molecular flexibility index (Phi) is 5.30. The summed E-state index contributed by atoms with van der Waals surface area (Å²) in [6.07, 6.45) is 7.16. The Hall–Kier alpha value is -1.43. The maximum atomic E-state index is 13.2. The molecule has 2 aliphatic carbocycles. The highest BCUT2D eigenvalue weighted by Crippen LogP contribution is 2.36. The van der Waals surface area contributed by atoms with Crippen molar-refractivity contribution in [3.05, 3.63) is 17.5 Å². The Labute approximate surface area is 154 Å². The van der Waals surface area contributed by atoms with Gasteiger partial charge in [-0.3, -0.25) is 9.48 Å². The molecule has 5 nitrogen and oxygen atoms in total. The Bertz CT molecular complexity index is 635. The zero-order valence-electron chi connectivity index (χ0n) is 15.7. The van der Waals surface area contributed by atoms with E-state index >= 15 is 0 Å². The van der Waals surface area contributed by atoms with Crippen molar-refractivity contribution in [1.29, 1.82) is 0 Å². The van der Waals surface area contributed by atoms with Crippen LogP contribution >= 0.6 is 0 Å². The van der Waals surface area contributed by atoms with Crippen molar-refractivity contribution >= 4 is 5.91 Å². The number of aromatic nitrogens is 2. The molecule has 1 aliphatic heterocycles. The maximum absolute atomic E-state index is 13.2. The topological polar surface area (TPSA) is 47.4 Å². The van der Waals surface area contributed by atoms with E-state index in [-0.39, 0.29) is 17.7 Å². The molecule has 4 rings (SSSR count). The number of hydrogen-bond donors (Lipinski definition) is 0. The SMILES string of the molecule is CCOC[C@@H]1CN(C(=O)C2CC(F)C2)Cc2cnn(CC3CCCC3)c21. The average Bonchev–Trinajstić information content (AvgIpc) is 3.27. The van der Waals surface area contributed by atoms with Crippen LogP contribution in [0.1, 0.15) is 62.6 Å². The molecule has 0 radical (unpaired) electrons. The molecule has 2 heterocycles. The largest absolute Gasteiger partial charge is 0.381 e. The van der Waals surface area contributed by atoms with Gasteiger partial charge in [0, 0.05) is 43.6 Å². The quantitative estimate of drug-likeness (QED) is 0.779. The van der Waals surface area contributed by atoms with Crippen LogP contribution in [0, 0.1) is 11.8 Å². The lowest BCUT2D eigenvalue weighted by Crippen LogP contribution is -2.46. The number of halogens is 1. The number of ether oxygens (including phenoxy) is 1. The molecule has 0 spiro atoms. The van der Waals surface area contributed by atoms with E-state index in [1.807, 2.05) is 18.0 Å². The molecule has 1 amide bonds. The Morgan fingerprint density at radius 2 is 2.12 bits per heavy atom. The van der Waals surface area contributed by atoms with Crippen LogP contribution in [0.5, 0.6) is 0 Å². The van der Waals surface area contributed by atoms with Crippen LogP contribution in [-0.4, -0.2) is 46.5 Å². The van der Waals surface area contributed by atoms with Gasteiger partial charge in [0.1, 0.15) is 6.17 Å². The maximum Gasteiger partial charge on any atom is 0.226 e. The Morgan fingerprint density at radius 3 is 2.81 bits per heavy atom. The van der Waals surface area contributed by atoms with Gasteiger partial charge in [-0.2, -0.15) is 5.10 Å². The lowest BCUT2D eigenvalue weighted by molar-refractivity contribution is -0.142. The summed E-state index contributed by atoms with van der Waals surface area (Å²) < 4.78 is 21.1. The van der Waals surface area contributed by atoms with Crippen molar-refractivity contribution < 1.29 is 13.9 Å². The van der Waals surface area contributed by atoms with Crippen molar-refractivity contribution in [3.63, 3.8) is 0 Å². The molecule has 3 aliphatic rings. The third-order valence-corrected chi connectivity index (χ3v) is 6.32. The molecule has 6 heteroatoms. The highest BCUT2D eigenvalue weighted by molar-refractivity contribution is 5.80. The molecule has 2 fully saturated rings. The summed E-state index contributed by atoms with van der Waals surface area (Å²) in [5, 5.41) is 4.67. The number of alkyl halides is 1. The van der Waals surface area contributed by atoms with E-state index in [1.54, 1.807) is 0 Å². The first kappa shape index (κ1) is 18.0. The van der Waals surface area contributed by atoms with E-state index < -0.39 is 6.17 Å². The van der Waals surface area contributed by atoms with Crippen LogP contribution in [0.2, 0.25) is 0 Å². The lowest BCUT2D eigenvalue weighted by Gasteiger charge is -2.38. The van der Waals surface area contributed by atoms with Crippen LogP contribution in [0.3, 0.4) is 0 Å². The van der Waals surface area contributed by atoms with Crippen molar-refractivity contribution in [3.8, 4) is 0 Å². The van der Waals surface area contributed by atoms with Gasteiger partial charge in [0.2, 0.25) is 5.91 Å². The Balaban J connectivity index is 1.51. The van der Waals surface area contributed by atoms with Gasteiger partial charge in [-0.15, -0.1) is 0 Å². The zero-order valence-corrected chi connectivity index (χ0v) is 15.7. The molecule has 1 aromatic rings. The van der Waals surface area contributed by atoms with Crippen LogP contribution in [0.15, 0.2) is 6.20 Å². The fourth-order valence-electron chi connectivity index (χ4n) is 4.80. The first-order valence-corrected chi connectivity index (χ1v) is 10.2. The molecule has 0 bridgehead atoms. The number of fused-ring (bicyclic) bond motifs is 1. The van der Waals surface area contributed by atoms with Crippen molar-refractivity contribution in [2.24, 2.45) is 11.8 Å². The molecule has 0 aromatic carbocycles. The highest BCUT2D eigenvalue weighted by atomic mass is 19.1. The highest BCUT2D eigenvalue weighted by Gasteiger charge is 2.40. The van der Waals surface area contributed by atoms with Crippen molar-refractivity contribution in [2.75, 3.05) is 19.8 Å². The first-order valence-electron chi connectivity index (χ1n) is 10.2. The van der Waals surface area contributed by atoms with E-state index in [9.17, 15) is 9.18 Å². The third kappa shape index (κ3) is 3.53. The number of carbonyl (C=O) groups excluding carboxylic acids is 1. The number of carbonyl (C=O) groups is 1. The second-order valence-corrected chi connectivity index (χ2v) is 8.23. The normalized spacial score (nSPS) is 28.8. The molecule has 0 N–H and O–H groups in total. The van der Waals surface area contributed by atoms with E-state index in [4.69, 9.17) is 4.74 Å². The molecule has 144 valence electrons. The zero-order chi connectivity index (χ0) is 18.1. The second kappa shape index (κ2) is 7.67. The molecule has 0 unspecified atom stereocenters. The van der Waals surface area contributed by atoms with Crippen molar-refractivity contribution in [1.82, 2.24) is 14.7 Å². The minimum absolute atomic E-state index is 0.106. The smallest absolute Gasteiger partial charge is 0.226 e. The van der Waals surface area contributed by atoms with Gasteiger partial charge >= 0.3 is 0 Å². The van der Waals surface area contributed by atoms with E-state index in [2.05, 4.69) is 9.78 Å². The van der Waals surface area contributed by atoms with E-state index in [0.717, 1.165) is 18.0 Å². The van der Waals surface area contributed by atoms with Crippen molar-refractivity contribution in [2.45, 2.75) is 70.6 Å². The minimum atomic E-state index is -0.794. The molecule has 2 saturated carbocycles. The van der Waals surface area contributed by atoms with Gasteiger partial charge < -0.3 is 9.64 Å². The Morgan fingerprint density at radius 1 is 1.35 bits per heavy atom. The number of amides is 1. The third-order valence-electron chi connectivity index (χ3n) is 6.32. The van der Waals surface area contributed by atoms with Crippen LogP contribution in [0.4, 0.5) is 4.39 Å². The molecule has 26 heavy (non-hydrogen) atoms. The second-order valence-electron chi connectivity index (χ2n) is 8.23. The summed E-state index contributed by atoms with van der Waals surface area (Å²) in [5.74, 6) is 0.859. The van der Waals surface area contributed by atoms with Crippen LogP contribution < -0.4 is 0 Å². The van der Waals surface area contributed by atoms with E-state index in [0.29, 0.717) is 39.1 Å². The fourth-order valence-corrected chi connectivity index (χ4v) is 4.80. The van der Waals surface area contributed by atoms with Gasteiger partial charge in [0.15, 0.2) is 0 Å². The lowest BCUT2D eigenvalue weighted by atomic mass is 9.81. The number of hydrogen-bond acceptors (Lipinski definition) is 3. The molecular weight excluding hydrogens is 333 g/mol. The summed E-state index contributed by atoms with van der Waals surface area (Å²) in [4.78, 5) is 14.6. The van der Waals surface area contributed by atoms with Gasteiger partial charge in [-0.1, -0.05) is 12.8 Å². The van der Waals surface area contributed by atoms with Gasteiger partial charge in [-0.05, 0) is 38.5 Å². The average molecular weight is 363 g/mol. The van der Waals surface area contributed by atoms with Crippen LogP contribution in [0.25, 0.3) is 0 Å². The molecule has 1 aromatic heterocycles. The summed E-state index contributed by atoms with van der Waals surface area (Å²) in [6.45, 7) is 5.53. The molecule has 0 saturated heterocycles. The predicted molar refractivity (Wildman–Crippen MR) is 96.5 cm³/mol. The standard InChI is InChI=1S/C20H30FN3O2/c1-2-26-13-17-12-23(20(25)15-7-18(21)8-15)11-16-9-22-24(19(16)17)10-14-5-3-4-6-14/h9,14-15,17-18H,2-8,10-13H2,1H3/t15?,17-,18?/m0/s1. The fraction of sp³-hybridized carbons (Fsp3) is 0.800. The summed E-state index contributed by atoms with van der Waals surface area (Å²) in [6, 6.07) is 0. The predicted octanol–water partition coefficient (Wildman–Crippen LogP) is 3.28. The van der Waals surface area contributed by atoms with Gasteiger partial charge in [-0.25, -0.2) is 4.39 Å². The molecular formula is C20H30FN3O2. The number of nitrogens with zero attached hydrogens (tertiary/aromatic N) is 3. The summed E-state index contributed by atoms with van der Waals surface area (Å²) in [7, 11) is 0. The summed E-state index contributed by atoms with van der Waals surface area (Å²) in [5.41, 5.74) is 2.40. The minimum Gasteiger partial charge on any atom is -0.381 e. The van der Waals surface area contributed by atoms with Gasteiger partial charge in [0.05, 0.1) is 18.5 Å². The summed E-state index contributed by atoms with van der Waals surface area (Å²) >= 11 is 0. The number of rotatable bonds is 6.